The molecule has 7 nitrogen and oxygen atoms in total. The van der Waals surface area contributed by atoms with Crippen LogP contribution in [0.4, 0.5) is 0 Å². The highest BCUT2D eigenvalue weighted by Gasteiger charge is 2.03. The number of hydrogen-bond donors (Lipinski definition) is 2. The summed E-state index contributed by atoms with van der Waals surface area (Å²) in [6.07, 6.45) is 0.395. The molecule has 0 unspecified atom stereocenters. The van der Waals surface area contributed by atoms with Gasteiger partial charge in [-0.25, -0.2) is 0 Å². The Labute approximate surface area is 167 Å². The number of carbonyl (C=O) groups excluding carboxylic acids is 1. The van der Waals surface area contributed by atoms with E-state index >= 15 is 0 Å². The van der Waals surface area contributed by atoms with Crippen molar-refractivity contribution in [2.75, 3.05) is 47.4 Å². The summed E-state index contributed by atoms with van der Waals surface area (Å²) in [5, 5.41) is 6.32. The average molecular weight is 464 g/mol. The second-order valence-electron chi connectivity index (χ2n) is 5.25. The summed E-state index contributed by atoms with van der Waals surface area (Å²) in [5.41, 5.74) is 0. The third-order valence-electron chi connectivity index (χ3n) is 3.16. The number of aliphatic imine (C=N–C) groups is 1. The Hall–Kier alpha value is -1.71. The smallest absolute Gasteiger partial charge is 0.223 e. The van der Waals surface area contributed by atoms with Crippen LogP contribution in [0.25, 0.3) is 0 Å². The zero-order chi connectivity index (χ0) is 17.8. The molecule has 0 spiro atoms. The topological polar surface area (TPSA) is 75.2 Å². The maximum absolute atomic E-state index is 11.5. The molecule has 0 saturated heterocycles. The molecule has 0 heterocycles. The van der Waals surface area contributed by atoms with Crippen LogP contribution in [0.15, 0.2) is 29.3 Å². The number of nitrogens with zero attached hydrogens (tertiary/aromatic N) is 2. The number of rotatable bonds is 9. The SMILES string of the molecule is CCNC(=NCCC(=O)N(C)C)NCCOc1ccc(OC)cc1.I. The number of benzene rings is 1. The van der Waals surface area contributed by atoms with Crippen LogP contribution < -0.4 is 20.1 Å². The molecule has 1 rings (SSSR count). The highest BCUT2D eigenvalue weighted by atomic mass is 127. The van der Waals surface area contributed by atoms with E-state index in [-0.39, 0.29) is 29.9 Å². The zero-order valence-electron chi connectivity index (χ0n) is 15.4. The first-order valence-corrected chi connectivity index (χ1v) is 8.06. The Balaban J connectivity index is 0.00000576. The Morgan fingerprint density at radius 3 is 2.36 bits per heavy atom. The summed E-state index contributed by atoms with van der Waals surface area (Å²) in [4.78, 5) is 17.5. The van der Waals surface area contributed by atoms with E-state index in [1.165, 1.54) is 0 Å². The van der Waals surface area contributed by atoms with Crippen molar-refractivity contribution < 1.29 is 14.3 Å². The van der Waals surface area contributed by atoms with Gasteiger partial charge in [0.15, 0.2) is 5.96 Å². The van der Waals surface area contributed by atoms with Crippen molar-refractivity contribution in [1.29, 1.82) is 0 Å². The molecule has 0 aliphatic heterocycles. The number of halogens is 1. The van der Waals surface area contributed by atoms with Gasteiger partial charge in [0.25, 0.3) is 0 Å². The largest absolute Gasteiger partial charge is 0.497 e. The molecule has 1 amide bonds. The number of methoxy groups -OCH3 is 1. The molecular weight excluding hydrogens is 435 g/mol. The number of ether oxygens (including phenoxy) is 2. The fraction of sp³-hybridized carbons (Fsp3) is 0.529. The maximum Gasteiger partial charge on any atom is 0.223 e. The molecule has 0 fully saturated rings. The third-order valence-corrected chi connectivity index (χ3v) is 3.16. The van der Waals surface area contributed by atoms with Gasteiger partial charge in [-0.2, -0.15) is 0 Å². The van der Waals surface area contributed by atoms with Crippen LogP contribution >= 0.6 is 24.0 Å². The molecule has 0 atom stereocenters. The van der Waals surface area contributed by atoms with Gasteiger partial charge in [-0.05, 0) is 31.2 Å². The number of carbonyl (C=O) groups is 1. The van der Waals surface area contributed by atoms with Crippen LogP contribution in [-0.2, 0) is 4.79 Å². The summed E-state index contributed by atoms with van der Waals surface area (Å²) in [7, 11) is 5.12. The summed E-state index contributed by atoms with van der Waals surface area (Å²) < 4.78 is 10.7. The Morgan fingerprint density at radius 1 is 1.16 bits per heavy atom. The van der Waals surface area contributed by atoms with Crippen molar-refractivity contribution >= 4 is 35.8 Å². The van der Waals surface area contributed by atoms with Gasteiger partial charge in [0.2, 0.25) is 5.91 Å². The van der Waals surface area contributed by atoms with Gasteiger partial charge in [0.05, 0.1) is 20.2 Å². The van der Waals surface area contributed by atoms with E-state index in [0.29, 0.717) is 32.1 Å². The second-order valence-corrected chi connectivity index (χ2v) is 5.25. The second kappa shape index (κ2) is 13.6. The van der Waals surface area contributed by atoms with Crippen molar-refractivity contribution in [3.05, 3.63) is 24.3 Å². The molecule has 1 aromatic carbocycles. The van der Waals surface area contributed by atoms with Crippen molar-refractivity contribution in [3.8, 4) is 11.5 Å². The molecule has 8 heteroatoms. The minimum absolute atomic E-state index is 0. The first kappa shape index (κ1) is 23.3. The molecule has 0 aliphatic carbocycles. The fourth-order valence-corrected chi connectivity index (χ4v) is 1.84. The summed E-state index contributed by atoms with van der Waals surface area (Å²) >= 11 is 0. The van der Waals surface area contributed by atoms with Crippen molar-refractivity contribution in [3.63, 3.8) is 0 Å². The molecular formula is C17H29IN4O3. The van der Waals surface area contributed by atoms with Gasteiger partial charge >= 0.3 is 0 Å². The quantitative estimate of drug-likeness (QED) is 0.252. The molecule has 25 heavy (non-hydrogen) atoms. The minimum atomic E-state index is 0. The Morgan fingerprint density at radius 2 is 1.80 bits per heavy atom. The lowest BCUT2D eigenvalue weighted by Crippen LogP contribution is -2.39. The van der Waals surface area contributed by atoms with Crippen LogP contribution in [-0.4, -0.2) is 64.2 Å². The monoisotopic (exact) mass is 464 g/mol. The minimum Gasteiger partial charge on any atom is -0.497 e. The predicted molar refractivity (Wildman–Crippen MR) is 111 cm³/mol. The van der Waals surface area contributed by atoms with Crippen LogP contribution in [0, 0.1) is 0 Å². The van der Waals surface area contributed by atoms with Gasteiger partial charge in [-0.3, -0.25) is 9.79 Å². The van der Waals surface area contributed by atoms with Crippen LogP contribution in [0.2, 0.25) is 0 Å². The molecule has 2 N–H and O–H groups in total. The van der Waals surface area contributed by atoms with E-state index < -0.39 is 0 Å². The summed E-state index contributed by atoms with van der Waals surface area (Å²) in [6.45, 7) is 4.32. The standard InChI is InChI=1S/C17H28N4O3.HI/c1-5-18-17(19-11-10-16(22)21(2)3)20-12-13-24-15-8-6-14(23-4)7-9-15;/h6-9H,5,10-13H2,1-4H3,(H2,18,19,20);1H. The Kier molecular flexibility index (Phi) is 12.6. The average Bonchev–Trinajstić information content (AvgIpc) is 2.58. The number of guanidine groups is 1. The van der Waals surface area contributed by atoms with Gasteiger partial charge in [-0.15, -0.1) is 24.0 Å². The first-order valence-electron chi connectivity index (χ1n) is 8.06. The van der Waals surface area contributed by atoms with E-state index in [2.05, 4.69) is 15.6 Å². The number of hydrogen-bond acceptors (Lipinski definition) is 4. The van der Waals surface area contributed by atoms with Gasteiger partial charge in [-0.1, -0.05) is 0 Å². The van der Waals surface area contributed by atoms with E-state index in [1.807, 2.05) is 31.2 Å². The Bertz CT molecular complexity index is 521. The maximum atomic E-state index is 11.5. The lowest BCUT2D eigenvalue weighted by molar-refractivity contribution is -0.128. The van der Waals surface area contributed by atoms with E-state index in [9.17, 15) is 4.79 Å². The summed E-state index contributed by atoms with van der Waals surface area (Å²) in [5.74, 6) is 2.34. The molecule has 0 aliphatic rings. The highest BCUT2D eigenvalue weighted by molar-refractivity contribution is 14.0. The van der Waals surface area contributed by atoms with E-state index in [0.717, 1.165) is 18.0 Å². The molecule has 1 aromatic rings. The fourth-order valence-electron chi connectivity index (χ4n) is 1.84. The van der Waals surface area contributed by atoms with Gasteiger partial charge < -0.3 is 25.0 Å². The van der Waals surface area contributed by atoms with Crippen molar-refractivity contribution in [1.82, 2.24) is 15.5 Å². The lowest BCUT2D eigenvalue weighted by atomic mass is 10.3. The van der Waals surface area contributed by atoms with Gasteiger partial charge in [0.1, 0.15) is 18.1 Å². The molecule has 0 radical (unpaired) electrons. The molecule has 142 valence electrons. The molecule has 0 saturated carbocycles. The number of nitrogens with one attached hydrogen (secondary N) is 2. The first-order chi connectivity index (χ1) is 11.6. The number of amides is 1. The van der Waals surface area contributed by atoms with E-state index in [4.69, 9.17) is 9.47 Å². The van der Waals surface area contributed by atoms with Crippen LogP contribution in [0.1, 0.15) is 13.3 Å². The predicted octanol–water partition coefficient (Wildman–Crippen LogP) is 1.73. The van der Waals surface area contributed by atoms with Crippen LogP contribution in [0.3, 0.4) is 0 Å². The molecule has 0 aromatic heterocycles. The van der Waals surface area contributed by atoms with Gasteiger partial charge in [0, 0.05) is 27.1 Å². The van der Waals surface area contributed by atoms with Crippen molar-refractivity contribution in [2.45, 2.75) is 13.3 Å². The molecule has 0 bridgehead atoms. The zero-order valence-corrected chi connectivity index (χ0v) is 17.7. The lowest BCUT2D eigenvalue weighted by Gasteiger charge is -2.13. The highest BCUT2D eigenvalue weighted by Crippen LogP contribution is 2.16. The van der Waals surface area contributed by atoms with Crippen molar-refractivity contribution in [2.24, 2.45) is 4.99 Å². The summed E-state index contributed by atoms with van der Waals surface area (Å²) in [6, 6.07) is 7.45. The third kappa shape index (κ3) is 10.0. The normalized spacial score (nSPS) is 10.5. The van der Waals surface area contributed by atoms with E-state index in [1.54, 1.807) is 26.1 Å². The van der Waals surface area contributed by atoms with Crippen LogP contribution in [0.5, 0.6) is 11.5 Å².